The summed E-state index contributed by atoms with van der Waals surface area (Å²) in [6.07, 6.45) is 7.97. The van der Waals surface area contributed by atoms with Crippen LogP contribution in [0.2, 0.25) is 0 Å². The third kappa shape index (κ3) is 6.54. The highest BCUT2D eigenvalue weighted by molar-refractivity contribution is 5.92. The average molecular weight is 330 g/mol. The first kappa shape index (κ1) is 18.2. The topological polar surface area (TPSA) is 58.6 Å². The van der Waals surface area contributed by atoms with Gasteiger partial charge in [-0.1, -0.05) is 25.0 Å². The fraction of sp³-hybridized carbons (Fsp3) is 0.474. The van der Waals surface area contributed by atoms with Gasteiger partial charge in [0, 0.05) is 11.8 Å². The summed E-state index contributed by atoms with van der Waals surface area (Å²) in [7, 11) is 0. The fourth-order valence-corrected chi connectivity index (χ4v) is 2.73. The molecule has 0 radical (unpaired) electrons. The molecule has 1 aromatic carbocycles. The van der Waals surface area contributed by atoms with E-state index in [9.17, 15) is 9.59 Å². The summed E-state index contributed by atoms with van der Waals surface area (Å²) in [4.78, 5) is 25.6. The molecule has 0 unspecified atom stereocenters. The van der Waals surface area contributed by atoms with Gasteiger partial charge in [-0.25, -0.2) is 4.79 Å². The van der Waals surface area contributed by atoms with E-state index in [-0.39, 0.29) is 11.9 Å². The molecule has 0 bridgehead atoms. The van der Waals surface area contributed by atoms with Crippen LogP contribution in [0.3, 0.4) is 0 Å². The van der Waals surface area contributed by atoms with Crippen molar-refractivity contribution in [3.63, 3.8) is 0 Å². The monoisotopic (exact) mass is 330 g/mol. The van der Waals surface area contributed by atoms with E-state index in [2.05, 4.69) is 10.2 Å². The lowest BCUT2D eigenvalue weighted by molar-refractivity contribution is -0.137. The van der Waals surface area contributed by atoms with Crippen LogP contribution in [-0.2, 0) is 14.3 Å². The van der Waals surface area contributed by atoms with Gasteiger partial charge >= 0.3 is 5.97 Å². The molecule has 130 valence electrons. The van der Waals surface area contributed by atoms with E-state index >= 15 is 0 Å². The quantitative estimate of drug-likeness (QED) is 0.643. The number of hydrogen-bond acceptors (Lipinski definition) is 4. The zero-order valence-corrected chi connectivity index (χ0v) is 14.3. The van der Waals surface area contributed by atoms with E-state index in [0.29, 0.717) is 13.2 Å². The summed E-state index contributed by atoms with van der Waals surface area (Å²) in [6, 6.07) is 7.39. The lowest BCUT2D eigenvalue weighted by Gasteiger charge is -2.18. The molecule has 1 amide bonds. The lowest BCUT2D eigenvalue weighted by Crippen LogP contribution is -2.33. The van der Waals surface area contributed by atoms with Crippen LogP contribution in [0.15, 0.2) is 30.3 Å². The van der Waals surface area contributed by atoms with Crippen LogP contribution in [0.4, 0.5) is 5.69 Å². The normalized spacial score (nSPS) is 15.9. The molecule has 0 aliphatic carbocycles. The zero-order valence-electron chi connectivity index (χ0n) is 14.3. The molecule has 0 saturated carbocycles. The number of benzene rings is 1. The van der Waals surface area contributed by atoms with E-state index in [0.717, 1.165) is 24.3 Å². The van der Waals surface area contributed by atoms with Crippen LogP contribution in [0.5, 0.6) is 0 Å². The Bertz CT molecular complexity index is 558. The van der Waals surface area contributed by atoms with Crippen molar-refractivity contribution in [2.75, 3.05) is 31.6 Å². The minimum Gasteiger partial charge on any atom is -0.463 e. The van der Waals surface area contributed by atoms with Gasteiger partial charge in [0.2, 0.25) is 5.91 Å². The van der Waals surface area contributed by atoms with E-state index in [1.165, 1.54) is 31.8 Å². The van der Waals surface area contributed by atoms with Crippen LogP contribution in [-0.4, -0.2) is 43.0 Å². The van der Waals surface area contributed by atoms with Crippen molar-refractivity contribution in [2.45, 2.75) is 32.6 Å². The molecule has 1 saturated heterocycles. The van der Waals surface area contributed by atoms with Gasteiger partial charge in [-0.3, -0.25) is 9.69 Å². The van der Waals surface area contributed by atoms with E-state index in [1.807, 2.05) is 24.3 Å². The van der Waals surface area contributed by atoms with Crippen molar-refractivity contribution in [3.8, 4) is 0 Å². The lowest BCUT2D eigenvalue weighted by atomic mass is 10.2. The summed E-state index contributed by atoms with van der Waals surface area (Å²) < 4.78 is 4.83. The number of nitrogens with zero attached hydrogens (tertiary/aromatic N) is 1. The van der Waals surface area contributed by atoms with Gasteiger partial charge in [-0.2, -0.15) is 0 Å². The number of ether oxygens (including phenoxy) is 1. The smallest absolute Gasteiger partial charge is 0.330 e. The molecule has 0 aromatic heterocycles. The number of esters is 1. The summed E-state index contributed by atoms with van der Waals surface area (Å²) in [5, 5.41) is 2.93. The number of carbonyl (C=O) groups excluding carboxylic acids is 2. The van der Waals surface area contributed by atoms with E-state index in [4.69, 9.17) is 4.74 Å². The Balaban J connectivity index is 1.82. The third-order valence-corrected chi connectivity index (χ3v) is 3.96. The standard InChI is InChI=1S/C19H26N2O3/c1-2-24-19(23)12-9-16-7-10-17(11-8-16)20-18(22)15-21-13-5-3-4-6-14-21/h7-12H,2-6,13-15H2,1H3,(H,20,22). The maximum atomic E-state index is 12.1. The van der Waals surface area contributed by atoms with Crippen LogP contribution in [0.1, 0.15) is 38.2 Å². The van der Waals surface area contributed by atoms with Crippen molar-refractivity contribution in [2.24, 2.45) is 0 Å². The Kier molecular flexibility index (Phi) is 7.49. The first-order valence-corrected chi connectivity index (χ1v) is 8.64. The summed E-state index contributed by atoms with van der Waals surface area (Å²) in [6.45, 7) is 4.60. The number of amides is 1. The van der Waals surface area contributed by atoms with Crippen molar-refractivity contribution in [1.82, 2.24) is 4.90 Å². The molecule has 1 aliphatic heterocycles. The van der Waals surface area contributed by atoms with E-state index in [1.54, 1.807) is 13.0 Å². The number of carbonyl (C=O) groups is 2. The molecule has 5 heteroatoms. The Morgan fingerprint density at radius 2 is 1.79 bits per heavy atom. The molecule has 1 heterocycles. The highest BCUT2D eigenvalue weighted by Gasteiger charge is 2.12. The van der Waals surface area contributed by atoms with Crippen molar-refractivity contribution in [1.29, 1.82) is 0 Å². The van der Waals surface area contributed by atoms with Gasteiger partial charge in [0.15, 0.2) is 0 Å². The van der Waals surface area contributed by atoms with Gasteiger partial charge in [0.1, 0.15) is 0 Å². The Hall–Kier alpha value is -2.14. The van der Waals surface area contributed by atoms with Crippen LogP contribution >= 0.6 is 0 Å². The first-order valence-electron chi connectivity index (χ1n) is 8.64. The van der Waals surface area contributed by atoms with Crippen LogP contribution < -0.4 is 5.32 Å². The van der Waals surface area contributed by atoms with Gasteiger partial charge in [-0.05, 0) is 56.6 Å². The number of anilines is 1. The molecule has 1 fully saturated rings. The first-order chi connectivity index (χ1) is 11.7. The van der Waals surface area contributed by atoms with Gasteiger partial charge in [0.25, 0.3) is 0 Å². The second kappa shape index (κ2) is 9.88. The Labute approximate surface area is 143 Å². The molecule has 0 atom stereocenters. The summed E-state index contributed by atoms with van der Waals surface area (Å²) >= 11 is 0. The Morgan fingerprint density at radius 1 is 1.12 bits per heavy atom. The van der Waals surface area contributed by atoms with Gasteiger partial charge in [0.05, 0.1) is 13.2 Å². The highest BCUT2D eigenvalue weighted by atomic mass is 16.5. The third-order valence-electron chi connectivity index (χ3n) is 3.96. The van der Waals surface area contributed by atoms with Gasteiger partial charge < -0.3 is 10.1 Å². The van der Waals surface area contributed by atoms with Crippen LogP contribution in [0, 0.1) is 0 Å². The van der Waals surface area contributed by atoms with Gasteiger partial charge in [-0.15, -0.1) is 0 Å². The SMILES string of the molecule is CCOC(=O)C=Cc1ccc(NC(=O)CN2CCCCCC2)cc1. The maximum absolute atomic E-state index is 12.1. The highest BCUT2D eigenvalue weighted by Crippen LogP contribution is 2.12. The zero-order chi connectivity index (χ0) is 17.2. The van der Waals surface area contributed by atoms with Crippen LogP contribution in [0.25, 0.3) is 6.08 Å². The number of nitrogens with one attached hydrogen (secondary N) is 1. The largest absolute Gasteiger partial charge is 0.463 e. The molecule has 24 heavy (non-hydrogen) atoms. The second-order valence-electron chi connectivity index (χ2n) is 5.95. The number of rotatable bonds is 6. The minimum atomic E-state index is -0.354. The summed E-state index contributed by atoms with van der Waals surface area (Å²) in [5.41, 5.74) is 1.65. The molecule has 1 aromatic rings. The summed E-state index contributed by atoms with van der Waals surface area (Å²) in [5.74, 6) is -0.334. The molecule has 1 aliphatic rings. The van der Waals surface area contributed by atoms with E-state index < -0.39 is 0 Å². The fourth-order valence-electron chi connectivity index (χ4n) is 2.73. The molecule has 1 N–H and O–H groups in total. The number of likely N-dealkylation sites (tertiary alicyclic amines) is 1. The molecular formula is C19H26N2O3. The Morgan fingerprint density at radius 3 is 2.42 bits per heavy atom. The maximum Gasteiger partial charge on any atom is 0.330 e. The molecule has 5 nitrogen and oxygen atoms in total. The van der Waals surface area contributed by atoms with Crippen molar-refractivity contribution in [3.05, 3.63) is 35.9 Å². The molecule has 2 rings (SSSR count). The molecular weight excluding hydrogens is 304 g/mol. The minimum absolute atomic E-state index is 0.0201. The molecule has 0 spiro atoms. The predicted molar refractivity (Wildman–Crippen MR) is 95.6 cm³/mol. The predicted octanol–water partition coefficient (Wildman–Crippen LogP) is 3.08. The average Bonchev–Trinajstić information content (AvgIpc) is 2.83. The number of hydrogen-bond donors (Lipinski definition) is 1. The van der Waals surface area contributed by atoms with Crippen molar-refractivity contribution < 1.29 is 14.3 Å². The van der Waals surface area contributed by atoms with Crippen molar-refractivity contribution >= 4 is 23.6 Å². The second-order valence-corrected chi connectivity index (χ2v) is 5.95.